The van der Waals surface area contributed by atoms with Gasteiger partial charge in [-0.2, -0.15) is 0 Å². The third-order valence-corrected chi connectivity index (χ3v) is 6.05. The van der Waals surface area contributed by atoms with Gasteiger partial charge in [-0.3, -0.25) is 4.90 Å². The topological polar surface area (TPSA) is 6.48 Å². The van der Waals surface area contributed by atoms with Crippen molar-refractivity contribution in [2.24, 2.45) is 5.92 Å². The number of hydrogen-bond donors (Lipinski definition) is 0. The van der Waals surface area contributed by atoms with E-state index in [0.717, 1.165) is 25.4 Å². The zero-order valence-corrected chi connectivity index (χ0v) is 13.7. The summed E-state index contributed by atoms with van der Waals surface area (Å²) in [5.74, 6) is 0.332. The first-order valence-corrected chi connectivity index (χ1v) is 9.15. The molecule has 0 saturated carbocycles. The Hall–Kier alpha value is -1.00. The van der Waals surface area contributed by atoms with Crippen LogP contribution in [0.5, 0.6) is 0 Å². The normalized spacial score (nSPS) is 26.8. The Bertz CT molecular complexity index is 561. The second-order valence-electron chi connectivity index (χ2n) is 7.46. The lowest BCUT2D eigenvalue weighted by Gasteiger charge is -2.37. The number of rotatable bonds is 3. The highest BCUT2D eigenvalue weighted by Crippen LogP contribution is 2.40. The van der Waals surface area contributed by atoms with Crippen LogP contribution in [0.2, 0.25) is 0 Å². The third kappa shape index (κ3) is 3.03. The van der Waals surface area contributed by atoms with Crippen LogP contribution in [-0.2, 0) is 6.42 Å². The summed E-state index contributed by atoms with van der Waals surface area (Å²) in [5.41, 5.74) is 1.26. The van der Waals surface area contributed by atoms with E-state index in [2.05, 4.69) is 9.80 Å². The third-order valence-electron chi connectivity index (χ3n) is 6.05. The van der Waals surface area contributed by atoms with Gasteiger partial charge in [-0.15, -0.1) is 0 Å². The Morgan fingerprint density at radius 3 is 2.35 bits per heavy atom. The minimum atomic E-state index is -0.229. The summed E-state index contributed by atoms with van der Waals surface area (Å²) in [6.45, 7) is 5.82. The number of benzene rings is 1. The zero-order chi connectivity index (χ0) is 15.8. The molecular weight excluding hydrogens is 294 g/mol. The number of likely N-dealkylation sites (tertiary alicyclic amines) is 2. The Labute approximate surface area is 137 Å². The maximum absolute atomic E-state index is 14.2. The molecule has 0 spiro atoms. The van der Waals surface area contributed by atoms with Crippen LogP contribution in [0.1, 0.15) is 49.3 Å². The lowest BCUT2D eigenvalue weighted by atomic mass is 9.94. The molecule has 0 unspecified atom stereocenters. The highest BCUT2D eigenvalue weighted by Gasteiger charge is 2.34. The van der Waals surface area contributed by atoms with Crippen molar-refractivity contribution in [1.29, 1.82) is 0 Å². The Balaban J connectivity index is 1.39. The van der Waals surface area contributed by atoms with Crippen molar-refractivity contribution in [2.75, 3.05) is 32.7 Å². The smallest absolute Gasteiger partial charge is 0.128 e. The van der Waals surface area contributed by atoms with Crippen LogP contribution in [-0.4, -0.2) is 42.5 Å². The molecule has 2 fully saturated rings. The van der Waals surface area contributed by atoms with Gasteiger partial charge < -0.3 is 4.90 Å². The summed E-state index contributed by atoms with van der Waals surface area (Å²) in [7, 11) is 0. The molecule has 1 aromatic rings. The van der Waals surface area contributed by atoms with E-state index in [4.69, 9.17) is 0 Å². The maximum Gasteiger partial charge on any atom is 0.128 e. The van der Waals surface area contributed by atoms with Crippen molar-refractivity contribution in [1.82, 2.24) is 9.80 Å². The monoisotopic (exact) mass is 320 g/mol. The SMILES string of the molecule is Fc1ccc(F)c2c1CC[C@H]2N1CCC(CN2CCCC2)CC1. The van der Waals surface area contributed by atoms with E-state index < -0.39 is 0 Å². The van der Waals surface area contributed by atoms with E-state index in [1.54, 1.807) is 0 Å². The van der Waals surface area contributed by atoms with Crippen molar-refractivity contribution in [3.05, 3.63) is 34.9 Å². The lowest BCUT2D eigenvalue weighted by Crippen LogP contribution is -2.39. The standard InChI is InChI=1S/C19H26F2N2/c20-16-4-5-17(21)19-15(16)3-6-18(19)23-11-7-14(8-12-23)13-22-9-1-2-10-22/h4-5,14,18H,1-3,6-13H2/t18-/m1/s1. The van der Waals surface area contributed by atoms with Gasteiger partial charge in [0.25, 0.3) is 0 Å². The van der Waals surface area contributed by atoms with Crippen LogP contribution in [0.15, 0.2) is 12.1 Å². The fraction of sp³-hybridized carbons (Fsp3) is 0.684. The van der Waals surface area contributed by atoms with Crippen LogP contribution in [0.4, 0.5) is 8.78 Å². The lowest BCUT2D eigenvalue weighted by molar-refractivity contribution is 0.113. The second kappa shape index (κ2) is 6.48. The molecule has 2 heterocycles. The van der Waals surface area contributed by atoms with E-state index in [9.17, 15) is 8.78 Å². The molecule has 3 aliphatic rings. The van der Waals surface area contributed by atoms with Gasteiger partial charge in [-0.05, 0) is 88.3 Å². The molecule has 1 aromatic carbocycles. The highest BCUT2D eigenvalue weighted by atomic mass is 19.1. The molecule has 1 aliphatic carbocycles. The number of fused-ring (bicyclic) bond motifs is 1. The Morgan fingerprint density at radius 1 is 0.913 bits per heavy atom. The molecule has 0 bridgehead atoms. The average molecular weight is 320 g/mol. The summed E-state index contributed by atoms with van der Waals surface area (Å²) in [4.78, 5) is 5.00. The number of hydrogen-bond acceptors (Lipinski definition) is 2. The maximum atomic E-state index is 14.2. The summed E-state index contributed by atoms with van der Waals surface area (Å²) >= 11 is 0. The predicted molar refractivity (Wildman–Crippen MR) is 87.4 cm³/mol. The van der Waals surface area contributed by atoms with Crippen molar-refractivity contribution in [3.8, 4) is 0 Å². The second-order valence-corrected chi connectivity index (χ2v) is 7.46. The molecule has 23 heavy (non-hydrogen) atoms. The van der Waals surface area contributed by atoms with E-state index >= 15 is 0 Å². The van der Waals surface area contributed by atoms with Crippen LogP contribution >= 0.6 is 0 Å². The quantitative estimate of drug-likeness (QED) is 0.837. The van der Waals surface area contributed by atoms with Gasteiger partial charge in [0.15, 0.2) is 0 Å². The van der Waals surface area contributed by atoms with Crippen molar-refractivity contribution < 1.29 is 8.78 Å². The highest BCUT2D eigenvalue weighted by molar-refractivity contribution is 5.37. The molecule has 1 atom stereocenters. The van der Waals surface area contributed by atoms with Crippen molar-refractivity contribution in [2.45, 2.75) is 44.6 Å². The first-order chi connectivity index (χ1) is 11.2. The van der Waals surface area contributed by atoms with Gasteiger partial charge in [0, 0.05) is 18.2 Å². The molecule has 2 aliphatic heterocycles. The zero-order valence-electron chi connectivity index (χ0n) is 13.7. The summed E-state index contributed by atoms with van der Waals surface area (Å²) < 4.78 is 28.1. The van der Waals surface area contributed by atoms with Crippen LogP contribution < -0.4 is 0 Å². The molecule has 0 radical (unpaired) electrons. The first-order valence-electron chi connectivity index (χ1n) is 9.15. The molecular formula is C19H26F2N2. The minimum absolute atomic E-state index is 0.0911. The Kier molecular flexibility index (Phi) is 4.37. The molecule has 4 heteroatoms. The number of piperidine rings is 1. The Morgan fingerprint density at radius 2 is 1.61 bits per heavy atom. The summed E-state index contributed by atoms with van der Waals surface area (Å²) in [5, 5.41) is 0. The fourth-order valence-electron chi connectivity index (χ4n) is 4.79. The average Bonchev–Trinajstić information content (AvgIpc) is 3.22. The van der Waals surface area contributed by atoms with E-state index in [-0.39, 0.29) is 17.7 Å². The van der Waals surface area contributed by atoms with Gasteiger partial charge in [0.05, 0.1) is 0 Å². The summed E-state index contributed by atoms with van der Waals surface area (Å²) in [6.07, 6.45) is 6.63. The van der Waals surface area contributed by atoms with E-state index in [1.807, 2.05) is 0 Å². The van der Waals surface area contributed by atoms with Gasteiger partial charge in [0.1, 0.15) is 11.6 Å². The molecule has 2 saturated heterocycles. The van der Waals surface area contributed by atoms with Gasteiger partial charge in [-0.25, -0.2) is 8.78 Å². The van der Waals surface area contributed by atoms with Crippen LogP contribution in [0, 0.1) is 17.6 Å². The van der Waals surface area contributed by atoms with E-state index in [1.165, 1.54) is 57.5 Å². The van der Waals surface area contributed by atoms with Crippen LogP contribution in [0.3, 0.4) is 0 Å². The molecule has 0 N–H and O–H groups in total. The minimum Gasteiger partial charge on any atom is -0.303 e. The number of halogens is 2. The van der Waals surface area contributed by atoms with Gasteiger partial charge in [0.2, 0.25) is 0 Å². The van der Waals surface area contributed by atoms with Crippen molar-refractivity contribution >= 4 is 0 Å². The number of nitrogens with zero attached hydrogens (tertiary/aromatic N) is 2. The van der Waals surface area contributed by atoms with Crippen LogP contribution in [0.25, 0.3) is 0 Å². The fourth-order valence-corrected chi connectivity index (χ4v) is 4.79. The van der Waals surface area contributed by atoms with Crippen molar-refractivity contribution in [3.63, 3.8) is 0 Å². The summed E-state index contributed by atoms with van der Waals surface area (Å²) in [6, 6.07) is 2.67. The van der Waals surface area contributed by atoms with E-state index in [0.29, 0.717) is 17.5 Å². The first kappa shape index (κ1) is 15.5. The molecule has 4 rings (SSSR count). The molecule has 126 valence electrons. The van der Waals surface area contributed by atoms with Gasteiger partial charge >= 0.3 is 0 Å². The molecule has 0 amide bonds. The molecule has 0 aromatic heterocycles. The van der Waals surface area contributed by atoms with Gasteiger partial charge in [-0.1, -0.05) is 0 Å². The predicted octanol–water partition coefficient (Wildman–Crippen LogP) is 3.76. The largest absolute Gasteiger partial charge is 0.303 e. The molecule has 2 nitrogen and oxygen atoms in total.